The number of carbonyl (C=O) groups excluding carboxylic acids is 1. The van der Waals surface area contributed by atoms with Crippen LogP contribution in [0, 0.1) is 0 Å². The fourth-order valence-corrected chi connectivity index (χ4v) is 3.30. The number of ether oxygens (including phenoxy) is 2. The van der Waals surface area contributed by atoms with E-state index in [-0.39, 0.29) is 12.4 Å². The third-order valence-corrected chi connectivity index (χ3v) is 4.60. The van der Waals surface area contributed by atoms with Gasteiger partial charge in [-0.3, -0.25) is 4.79 Å². The summed E-state index contributed by atoms with van der Waals surface area (Å²) in [6, 6.07) is 14.3. The monoisotopic (exact) mass is 365 g/mol. The maximum absolute atomic E-state index is 11.9. The molecule has 142 valence electrons. The molecular weight excluding hydrogens is 338 g/mol. The molecule has 0 unspecified atom stereocenters. The van der Waals surface area contributed by atoms with Gasteiger partial charge < -0.3 is 14.4 Å². The SMILES string of the molecule is CCOC(=O)Cc1ccc2c(c1)/C(=C/CCN(C)C)c1ccccc1CO2. The number of carbonyl (C=O) groups is 1. The van der Waals surface area contributed by atoms with E-state index < -0.39 is 0 Å². The molecule has 3 rings (SSSR count). The summed E-state index contributed by atoms with van der Waals surface area (Å²) in [6.45, 7) is 3.75. The van der Waals surface area contributed by atoms with E-state index >= 15 is 0 Å². The molecule has 27 heavy (non-hydrogen) atoms. The highest BCUT2D eigenvalue weighted by molar-refractivity contribution is 5.85. The van der Waals surface area contributed by atoms with Crippen LogP contribution in [0.15, 0.2) is 48.5 Å². The van der Waals surface area contributed by atoms with Crippen molar-refractivity contribution in [2.75, 3.05) is 27.2 Å². The predicted molar refractivity (Wildman–Crippen MR) is 108 cm³/mol. The molecule has 1 aliphatic rings. The summed E-state index contributed by atoms with van der Waals surface area (Å²) in [5.74, 6) is 0.653. The van der Waals surface area contributed by atoms with Crippen molar-refractivity contribution < 1.29 is 14.3 Å². The lowest BCUT2D eigenvalue weighted by atomic mass is 9.92. The second kappa shape index (κ2) is 8.87. The van der Waals surface area contributed by atoms with Crippen molar-refractivity contribution in [2.24, 2.45) is 0 Å². The second-order valence-corrected chi connectivity index (χ2v) is 6.97. The van der Waals surface area contributed by atoms with E-state index in [1.54, 1.807) is 0 Å². The second-order valence-electron chi connectivity index (χ2n) is 6.97. The molecule has 1 heterocycles. The van der Waals surface area contributed by atoms with E-state index in [2.05, 4.69) is 49.3 Å². The lowest BCUT2D eigenvalue weighted by Gasteiger charge is -2.13. The molecule has 0 atom stereocenters. The first-order chi connectivity index (χ1) is 13.1. The number of hydrogen-bond donors (Lipinski definition) is 0. The minimum Gasteiger partial charge on any atom is -0.488 e. The predicted octanol–water partition coefficient (Wildman–Crippen LogP) is 4.07. The molecule has 0 aromatic heterocycles. The smallest absolute Gasteiger partial charge is 0.310 e. The molecule has 0 spiro atoms. The van der Waals surface area contributed by atoms with Crippen molar-refractivity contribution in [2.45, 2.75) is 26.4 Å². The van der Waals surface area contributed by atoms with Gasteiger partial charge in [0.1, 0.15) is 12.4 Å². The van der Waals surface area contributed by atoms with Gasteiger partial charge in [0.05, 0.1) is 13.0 Å². The van der Waals surface area contributed by atoms with Gasteiger partial charge in [0, 0.05) is 12.1 Å². The average molecular weight is 365 g/mol. The Morgan fingerprint density at radius 3 is 2.78 bits per heavy atom. The third kappa shape index (κ3) is 4.77. The minimum absolute atomic E-state index is 0.203. The summed E-state index contributed by atoms with van der Waals surface area (Å²) in [7, 11) is 4.15. The Kier molecular flexibility index (Phi) is 6.30. The van der Waals surface area contributed by atoms with Gasteiger partial charge in [-0.15, -0.1) is 0 Å². The number of esters is 1. The number of benzene rings is 2. The van der Waals surface area contributed by atoms with E-state index in [0.29, 0.717) is 13.2 Å². The molecule has 0 fully saturated rings. The number of rotatable bonds is 6. The van der Waals surface area contributed by atoms with Gasteiger partial charge in [0.15, 0.2) is 0 Å². The van der Waals surface area contributed by atoms with Crippen LogP contribution >= 0.6 is 0 Å². The van der Waals surface area contributed by atoms with E-state index in [1.165, 1.54) is 16.7 Å². The largest absolute Gasteiger partial charge is 0.488 e. The van der Waals surface area contributed by atoms with Gasteiger partial charge in [-0.25, -0.2) is 0 Å². The topological polar surface area (TPSA) is 38.8 Å². The van der Waals surface area contributed by atoms with E-state index in [4.69, 9.17) is 9.47 Å². The summed E-state index contributed by atoms with van der Waals surface area (Å²) >= 11 is 0. The summed E-state index contributed by atoms with van der Waals surface area (Å²) < 4.78 is 11.2. The van der Waals surface area contributed by atoms with Gasteiger partial charge in [-0.2, -0.15) is 0 Å². The molecule has 0 radical (unpaired) electrons. The normalized spacial score (nSPS) is 14.3. The summed E-state index contributed by atoms with van der Waals surface area (Å²) in [4.78, 5) is 14.1. The van der Waals surface area contributed by atoms with Crippen LogP contribution in [-0.4, -0.2) is 38.1 Å². The Balaban J connectivity index is 2.01. The highest BCUT2D eigenvalue weighted by Crippen LogP contribution is 2.37. The van der Waals surface area contributed by atoms with E-state index in [0.717, 1.165) is 29.8 Å². The van der Waals surface area contributed by atoms with Crippen molar-refractivity contribution in [1.82, 2.24) is 4.90 Å². The average Bonchev–Trinajstić information content (AvgIpc) is 2.79. The number of fused-ring (bicyclic) bond motifs is 2. The van der Waals surface area contributed by atoms with Gasteiger partial charge >= 0.3 is 5.97 Å². The van der Waals surface area contributed by atoms with Crippen molar-refractivity contribution in [1.29, 1.82) is 0 Å². The Bertz CT molecular complexity index is 839. The third-order valence-electron chi connectivity index (χ3n) is 4.60. The van der Waals surface area contributed by atoms with Gasteiger partial charge in [0.25, 0.3) is 0 Å². The van der Waals surface area contributed by atoms with Gasteiger partial charge in [0.2, 0.25) is 0 Å². The molecule has 0 amide bonds. The maximum atomic E-state index is 11.9. The molecular formula is C23H27NO3. The lowest BCUT2D eigenvalue weighted by Crippen LogP contribution is -2.12. The summed E-state index contributed by atoms with van der Waals surface area (Å²) in [5.41, 5.74) is 5.53. The first-order valence-corrected chi connectivity index (χ1v) is 9.43. The highest BCUT2D eigenvalue weighted by atomic mass is 16.5. The number of nitrogens with zero attached hydrogens (tertiary/aromatic N) is 1. The van der Waals surface area contributed by atoms with Crippen molar-refractivity contribution in [3.05, 3.63) is 70.8 Å². The maximum Gasteiger partial charge on any atom is 0.310 e. The molecule has 2 aromatic rings. The lowest BCUT2D eigenvalue weighted by molar-refractivity contribution is -0.142. The zero-order valence-electron chi connectivity index (χ0n) is 16.3. The molecule has 4 heteroatoms. The minimum atomic E-state index is -0.203. The Hall–Kier alpha value is -2.59. The van der Waals surface area contributed by atoms with Gasteiger partial charge in [-0.05, 0) is 61.8 Å². The quantitative estimate of drug-likeness (QED) is 0.724. The van der Waals surface area contributed by atoms with Crippen LogP contribution in [0.25, 0.3) is 5.57 Å². The molecule has 4 nitrogen and oxygen atoms in total. The Labute approximate surface area is 161 Å². The van der Waals surface area contributed by atoms with Crippen LogP contribution < -0.4 is 4.74 Å². The van der Waals surface area contributed by atoms with Crippen molar-refractivity contribution >= 4 is 11.5 Å². The molecule has 0 saturated heterocycles. The zero-order valence-corrected chi connectivity index (χ0v) is 16.3. The van der Waals surface area contributed by atoms with E-state index in [1.807, 2.05) is 25.1 Å². The summed E-state index contributed by atoms with van der Waals surface area (Å²) in [5, 5.41) is 0. The van der Waals surface area contributed by atoms with Crippen LogP contribution in [0.5, 0.6) is 5.75 Å². The standard InChI is InChI=1S/C23H27NO3/c1-4-26-23(25)15-17-11-12-22-21(14-17)20(10-7-13-24(2)3)19-9-6-5-8-18(19)16-27-22/h5-6,8-12,14H,4,7,13,15-16H2,1-3H3/b20-10+. The van der Waals surface area contributed by atoms with E-state index in [9.17, 15) is 4.79 Å². The summed E-state index contributed by atoms with van der Waals surface area (Å²) in [6.07, 6.45) is 3.49. The molecule has 2 aromatic carbocycles. The van der Waals surface area contributed by atoms with Crippen LogP contribution in [0.3, 0.4) is 0 Å². The Morgan fingerprint density at radius 1 is 1.19 bits per heavy atom. The van der Waals surface area contributed by atoms with Crippen LogP contribution in [0.1, 0.15) is 35.6 Å². The highest BCUT2D eigenvalue weighted by Gasteiger charge is 2.19. The number of hydrogen-bond acceptors (Lipinski definition) is 4. The molecule has 0 N–H and O–H groups in total. The first-order valence-electron chi connectivity index (χ1n) is 9.43. The zero-order chi connectivity index (χ0) is 19.2. The fraction of sp³-hybridized carbons (Fsp3) is 0.348. The molecule has 0 bridgehead atoms. The van der Waals surface area contributed by atoms with Crippen LogP contribution in [-0.2, 0) is 22.6 Å². The van der Waals surface area contributed by atoms with Crippen molar-refractivity contribution in [3.63, 3.8) is 0 Å². The first kappa shape index (κ1) is 19.2. The van der Waals surface area contributed by atoms with Crippen LogP contribution in [0.4, 0.5) is 0 Å². The molecule has 0 aliphatic carbocycles. The fourth-order valence-electron chi connectivity index (χ4n) is 3.30. The molecule has 1 aliphatic heterocycles. The van der Waals surface area contributed by atoms with Crippen molar-refractivity contribution in [3.8, 4) is 5.75 Å². The van der Waals surface area contributed by atoms with Gasteiger partial charge in [-0.1, -0.05) is 36.4 Å². The van der Waals surface area contributed by atoms with Crippen LogP contribution in [0.2, 0.25) is 0 Å². The molecule has 0 saturated carbocycles. The Morgan fingerprint density at radius 2 is 2.00 bits per heavy atom.